The maximum absolute atomic E-state index is 12.3. The molecule has 0 unspecified atom stereocenters. The first-order valence-electron chi connectivity index (χ1n) is 5.71. The summed E-state index contributed by atoms with van der Waals surface area (Å²) >= 11 is 0. The fraction of sp³-hybridized carbons (Fsp3) is 0.625. The lowest BCUT2D eigenvalue weighted by atomic mass is 10.7. The van der Waals surface area contributed by atoms with Gasteiger partial charge in [-0.3, -0.25) is 0 Å². The molecule has 0 amide bonds. The Balaban J connectivity index is 0.000000941. The van der Waals surface area contributed by atoms with Gasteiger partial charge >= 0.3 is 22.9 Å². The smallest absolute Gasteiger partial charge is 0.425 e. The number of aromatic amines is 1. The van der Waals surface area contributed by atoms with Crippen molar-refractivity contribution >= 4 is 20.0 Å². The van der Waals surface area contributed by atoms with E-state index < -0.39 is 42.9 Å². The predicted molar refractivity (Wildman–Crippen MR) is 65.2 cm³/mol. The molecule has 160 valence electrons. The third kappa shape index (κ3) is 5.43. The van der Waals surface area contributed by atoms with Crippen LogP contribution in [0.1, 0.15) is 0 Å². The Morgan fingerprint density at radius 1 is 0.778 bits per heavy atom. The Morgan fingerprint density at radius 2 is 1.11 bits per heavy atom. The highest BCUT2D eigenvalue weighted by molar-refractivity contribution is 8.13. The number of nitrogens with zero attached hydrogens (tertiary/aromatic N) is 2. The third-order valence-corrected chi connectivity index (χ3v) is 5.52. The number of sulfonamides is 2. The molecule has 1 aromatic rings. The van der Waals surface area contributed by atoms with Crippen molar-refractivity contribution in [1.29, 1.82) is 0 Å². The van der Waals surface area contributed by atoms with Gasteiger partial charge in [-0.25, -0.2) is 16.8 Å². The second kappa shape index (κ2) is 7.41. The van der Waals surface area contributed by atoms with Crippen molar-refractivity contribution in [3.8, 4) is 0 Å². The second-order valence-electron chi connectivity index (χ2n) is 4.30. The summed E-state index contributed by atoms with van der Waals surface area (Å²) in [5.41, 5.74) is 0. The highest BCUT2D eigenvalue weighted by Crippen LogP contribution is 2.47. The van der Waals surface area contributed by atoms with Gasteiger partial charge in [0.1, 0.15) is 0 Å². The standard InChI is InChI=1S/C4F10NO4S2.C4H6N2/c5-1(6,7)3(11,12)20(16,17)15-21(18,19)4(13,14)2(8,9)10;1-6-4-2-3-5-6/h;2-4H,1H3/q-1;/p+1. The molecule has 0 bridgehead atoms. The third-order valence-electron chi connectivity index (χ3n) is 2.19. The van der Waals surface area contributed by atoms with Gasteiger partial charge in [0, 0.05) is 6.07 Å². The number of H-pyrrole nitrogens is 1. The summed E-state index contributed by atoms with van der Waals surface area (Å²) in [7, 11) is -13.3. The first-order valence-corrected chi connectivity index (χ1v) is 8.59. The number of nitrogens with one attached hydrogen (secondary N) is 1. The van der Waals surface area contributed by atoms with E-state index in [2.05, 4.69) is 5.10 Å². The number of aromatic nitrogens is 2. The molecule has 7 nitrogen and oxygen atoms in total. The van der Waals surface area contributed by atoms with E-state index in [4.69, 9.17) is 0 Å². The van der Waals surface area contributed by atoms with Gasteiger partial charge in [0.2, 0.25) is 0 Å². The Morgan fingerprint density at radius 3 is 1.26 bits per heavy atom. The van der Waals surface area contributed by atoms with E-state index in [1.807, 2.05) is 30.2 Å². The van der Waals surface area contributed by atoms with Crippen LogP contribution in [0.25, 0.3) is 4.13 Å². The second-order valence-corrected chi connectivity index (χ2v) is 7.82. The number of aryl methyl sites for hydroxylation is 1. The summed E-state index contributed by atoms with van der Waals surface area (Å²) in [6.07, 6.45) is -10.2. The highest BCUT2D eigenvalue weighted by atomic mass is 32.3. The molecule has 1 rings (SSSR count). The largest absolute Gasteiger partial charge is 0.467 e. The van der Waals surface area contributed by atoms with E-state index in [-0.39, 0.29) is 0 Å². The number of rotatable bonds is 4. The molecule has 0 fully saturated rings. The van der Waals surface area contributed by atoms with Crippen molar-refractivity contribution in [3.63, 3.8) is 0 Å². The van der Waals surface area contributed by atoms with Crippen LogP contribution in [0, 0.1) is 0 Å². The molecule has 0 aliphatic heterocycles. The molecule has 27 heavy (non-hydrogen) atoms. The molecule has 0 atom stereocenters. The van der Waals surface area contributed by atoms with Crippen LogP contribution < -0.4 is 4.68 Å². The molecule has 0 saturated carbocycles. The Kier molecular flexibility index (Phi) is 6.97. The van der Waals surface area contributed by atoms with Gasteiger partial charge < -0.3 is 4.13 Å². The molecule has 1 heterocycles. The van der Waals surface area contributed by atoms with Crippen LogP contribution in [-0.2, 0) is 27.1 Å². The average Bonchev–Trinajstić information content (AvgIpc) is 2.86. The van der Waals surface area contributed by atoms with E-state index in [0.717, 1.165) is 0 Å². The monoisotopic (exact) mass is 463 g/mol. The van der Waals surface area contributed by atoms with E-state index in [9.17, 15) is 60.7 Å². The van der Waals surface area contributed by atoms with Crippen molar-refractivity contribution in [2.75, 3.05) is 0 Å². The van der Waals surface area contributed by atoms with Crippen LogP contribution in [-0.4, -0.2) is 44.8 Å². The van der Waals surface area contributed by atoms with Crippen molar-refractivity contribution in [2.45, 2.75) is 22.9 Å². The van der Waals surface area contributed by atoms with Crippen LogP contribution in [0.3, 0.4) is 0 Å². The van der Waals surface area contributed by atoms with Gasteiger partial charge in [-0.15, -0.1) is 4.68 Å². The van der Waals surface area contributed by atoms with E-state index in [0.29, 0.717) is 4.13 Å². The van der Waals surface area contributed by atoms with Crippen LogP contribution in [0.15, 0.2) is 18.5 Å². The van der Waals surface area contributed by atoms with Crippen molar-refractivity contribution in [1.82, 2.24) is 5.10 Å². The molecule has 0 radical (unpaired) electrons. The minimum Gasteiger partial charge on any atom is -0.425 e. The van der Waals surface area contributed by atoms with Gasteiger partial charge in [-0.1, -0.05) is 0 Å². The van der Waals surface area contributed by atoms with Crippen molar-refractivity contribution in [2.24, 2.45) is 7.05 Å². The number of hydrogen-bond donors (Lipinski definition) is 1. The van der Waals surface area contributed by atoms with Gasteiger partial charge in [-0.2, -0.15) is 49.0 Å². The topological polar surface area (TPSA) is 102 Å². The molecule has 1 N–H and O–H groups in total. The van der Waals surface area contributed by atoms with Crippen LogP contribution in [0.4, 0.5) is 43.9 Å². The Bertz CT molecular complexity index is 773. The van der Waals surface area contributed by atoms with Crippen LogP contribution >= 0.6 is 0 Å². The summed E-state index contributed by atoms with van der Waals surface area (Å²) in [6.45, 7) is 0. The van der Waals surface area contributed by atoms with Gasteiger partial charge in [0.05, 0.1) is 6.20 Å². The summed E-state index contributed by atoms with van der Waals surface area (Å²) in [6, 6.07) is 1.94. The quantitative estimate of drug-likeness (QED) is 0.546. The number of halogens is 10. The predicted octanol–water partition coefficient (Wildman–Crippen LogP) is 2.17. The SMILES string of the molecule is C[n+]1ccc[nH]1.O=S(=O)([N-]S(=O)(=O)C(F)(F)C(F)(F)F)C(F)(F)C(F)(F)F. The lowest BCUT2D eigenvalue weighted by molar-refractivity contribution is -0.726. The summed E-state index contributed by atoms with van der Waals surface area (Å²) in [5.74, 6) is 0. The Labute approximate surface area is 144 Å². The van der Waals surface area contributed by atoms with Crippen molar-refractivity contribution < 1.29 is 65.4 Å². The fourth-order valence-electron chi connectivity index (χ4n) is 0.891. The van der Waals surface area contributed by atoms with E-state index in [1.165, 1.54) is 0 Å². The zero-order valence-corrected chi connectivity index (χ0v) is 14.0. The van der Waals surface area contributed by atoms with E-state index >= 15 is 0 Å². The van der Waals surface area contributed by atoms with Gasteiger partial charge in [0.25, 0.3) is 0 Å². The van der Waals surface area contributed by atoms with Crippen molar-refractivity contribution in [3.05, 3.63) is 22.6 Å². The molecule has 0 aliphatic carbocycles. The molecular formula is C8H7F10N3O4S2. The highest BCUT2D eigenvalue weighted by Gasteiger charge is 2.68. The maximum Gasteiger partial charge on any atom is 0.467 e. The molecule has 1 aromatic heterocycles. The Hall–Kier alpha value is -1.63. The first-order chi connectivity index (χ1) is 11.6. The normalized spacial score (nSPS) is 14.5. The number of hydrogen-bond acceptors (Lipinski definition) is 4. The zero-order chi connectivity index (χ0) is 22.1. The maximum atomic E-state index is 12.3. The molecule has 0 saturated heterocycles. The summed E-state index contributed by atoms with van der Waals surface area (Å²) < 4.78 is 163. The average molecular weight is 463 g/mol. The molecule has 19 heteroatoms. The lowest BCUT2D eigenvalue weighted by Gasteiger charge is -2.31. The molecule has 0 aromatic carbocycles. The van der Waals surface area contributed by atoms with E-state index in [1.54, 1.807) is 0 Å². The summed E-state index contributed by atoms with van der Waals surface area (Å²) in [4.78, 5) is 0. The fourth-order valence-corrected chi connectivity index (χ4v) is 3.26. The van der Waals surface area contributed by atoms with Gasteiger partial charge in [-0.05, 0) is 0 Å². The molecule has 0 aliphatic rings. The first kappa shape index (κ1) is 25.4. The van der Waals surface area contributed by atoms with Crippen LogP contribution in [0.2, 0.25) is 0 Å². The van der Waals surface area contributed by atoms with Gasteiger partial charge in [0.15, 0.2) is 33.3 Å². The summed E-state index contributed by atoms with van der Waals surface area (Å²) in [5, 5.41) is -11.1. The zero-order valence-electron chi connectivity index (χ0n) is 12.4. The minimum atomic E-state index is -7.62. The number of alkyl halides is 10. The minimum absolute atomic E-state index is 0.422. The molecule has 0 spiro atoms. The lowest BCUT2D eigenvalue weighted by Crippen LogP contribution is -2.48. The van der Waals surface area contributed by atoms with Crippen LogP contribution in [0.5, 0.6) is 0 Å². The molecular weight excluding hydrogens is 456 g/mol.